The molecule has 0 saturated carbocycles. The van der Waals surface area contributed by atoms with Gasteiger partial charge in [-0.2, -0.15) is 0 Å². The van der Waals surface area contributed by atoms with Crippen molar-refractivity contribution >= 4 is 0 Å². The highest BCUT2D eigenvalue weighted by Crippen LogP contribution is 2.14. The third-order valence-corrected chi connectivity index (χ3v) is 1.85. The molecule has 0 bridgehead atoms. The number of hydrogen-bond acceptors (Lipinski definition) is 4. The molecule has 80 valence electrons. The van der Waals surface area contributed by atoms with Crippen molar-refractivity contribution in [2.45, 2.75) is 0 Å². The van der Waals surface area contributed by atoms with E-state index in [-0.39, 0.29) is 0 Å². The molecule has 0 aliphatic rings. The van der Waals surface area contributed by atoms with E-state index in [1.165, 1.54) is 12.7 Å². The zero-order chi connectivity index (χ0) is 11.1. The van der Waals surface area contributed by atoms with Gasteiger partial charge < -0.3 is 8.94 Å². The Morgan fingerprint density at radius 2 is 1.81 bits per heavy atom. The van der Waals surface area contributed by atoms with Crippen LogP contribution in [0.15, 0.2) is 70.5 Å². The molecule has 3 rings (SSSR count). The standard InChI is InChI=1S/C9H7NO.C3H3NO/c1-2-4-8(5-3-1)9-6-7-11-10-9;1-2-5-3-4-1/h1-7H;1-3H. The highest BCUT2D eigenvalue weighted by molar-refractivity contribution is 5.57. The molecule has 0 aliphatic carbocycles. The molecule has 16 heavy (non-hydrogen) atoms. The van der Waals surface area contributed by atoms with Crippen molar-refractivity contribution in [3.63, 3.8) is 0 Å². The summed E-state index contributed by atoms with van der Waals surface area (Å²) in [4.78, 5) is 3.56. The number of aromatic nitrogens is 2. The quantitative estimate of drug-likeness (QED) is 0.624. The first-order valence-corrected chi connectivity index (χ1v) is 4.75. The average Bonchev–Trinajstić information content (AvgIpc) is 3.07. The molecule has 0 aliphatic heterocycles. The number of nitrogens with zero attached hydrogens (tertiary/aromatic N) is 2. The van der Waals surface area contributed by atoms with E-state index in [0.717, 1.165) is 11.3 Å². The Kier molecular flexibility index (Phi) is 3.50. The van der Waals surface area contributed by atoms with Gasteiger partial charge in [0.15, 0.2) is 6.39 Å². The van der Waals surface area contributed by atoms with E-state index in [1.807, 2.05) is 36.4 Å². The van der Waals surface area contributed by atoms with Gasteiger partial charge in [0, 0.05) is 11.6 Å². The number of benzene rings is 1. The fourth-order valence-electron chi connectivity index (χ4n) is 1.15. The van der Waals surface area contributed by atoms with Gasteiger partial charge in [0.1, 0.15) is 18.2 Å². The lowest BCUT2D eigenvalue weighted by Crippen LogP contribution is -1.73. The van der Waals surface area contributed by atoms with Crippen molar-refractivity contribution in [3.8, 4) is 11.3 Å². The van der Waals surface area contributed by atoms with Crippen LogP contribution in [0.25, 0.3) is 11.3 Å². The first-order chi connectivity index (χ1) is 7.97. The van der Waals surface area contributed by atoms with Crippen LogP contribution in [0.4, 0.5) is 0 Å². The first kappa shape index (κ1) is 10.2. The van der Waals surface area contributed by atoms with Crippen LogP contribution in [0, 0.1) is 0 Å². The normalized spacial score (nSPS) is 9.25. The minimum absolute atomic E-state index is 0.880. The maximum Gasteiger partial charge on any atom is 0.180 e. The lowest BCUT2D eigenvalue weighted by Gasteiger charge is -1.90. The van der Waals surface area contributed by atoms with Crippen LogP contribution >= 0.6 is 0 Å². The van der Waals surface area contributed by atoms with Crippen LogP contribution in [0.1, 0.15) is 0 Å². The summed E-state index contributed by atoms with van der Waals surface area (Å²) < 4.78 is 9.19. The first-order valence-electron chi connectivity index (χ1n) is 4.75. The monoisotopic (exact) mass is 214 g/mol. The molecule has 0 spiro atoms. The van der Waals surface area contributed by atoms with Crippen molar-refractivity contribution in [1.82, 2.24) is 10.1 Å². The molecule has 0 radical (unpaired) electrons. The molecular formula is C12H10N2O2. The summed E-state index contributed by atoms with van der Waals surface area (Å²) in [5.74, 6) is 0. The Hall–Kier alpha value is -2.36. The predicted molar refractivity (Wildman–Crippen MR) is 58.4 cm³/mol. The molecule has 0 amide bonds. The summed E-state index contributed by atoms with van der Waals surface area (Å²) in [6.45, 7) is 0. The van der Waals surface area contributed by atoms with Crippen LogP contribution in [-0.2, 0) is 0 Å². The Bertz CT molecular complexity index is 458. The van der Waals surface area contributed by atoms with Gasteiger partial charge in [0.2, 0.25) is 0 Å². The molecule has 0 saturated heterocycles. The van der Waals surface area contributed by atoms with Gasteiger partial charge in [-0.25, -0.2) is 4.98 Å². The Balaban J connectivity index is 0.000000162. The van der Waals surface area contributed by atoms with E-state index in [9.17, 15) is 0 Å². The largest absolute Gasteiger partial charge is 0.452 e. The second-order valence-electron chi connectivity index (χ2n) is 2.93. The van der Waals surface area contributed by atoms with Crippen molar-refractivity contribution in [3.05, 3.63) is 61.5 Å². The van der Waals surface area contributed by atoms with Gasteiger partial charge in [-0.15, -0.1) is 0 Å². The fourth-order valence-corrected chi connectivity index (χ4v) is 1.15. The second-order valence-corrected chi connectivity index (χ2v) is 2.93. The maximum absolute atomic E-state index is 4.72. The third kappa shape index (κ3) is 2.81. The minimum atomic E-state index is 0.880. The summed E-state index contributed by atoms with van der Waals surface area (Å²) in [6.07, 6.45) is 6.04. The summed E-state index contributed by atoms with van der Waals surface area (Å²) in [5, 5.41) is 3.81. The fraction of sp³-hybridized carbons (Fsp3) is 0. The van der Waals surface area contributed by atoms with Crippen molar-refractivity contribution in [2.75, 3.05) is 0 Å². The zero-order valence-electron chi connectivity index (χ0n) is 8.48. The summed E-state index contributed by atoms with van der Waals surface area (Å²) in [6, 6.07) is 11.8. The lowest BCUT2D eigenvalue weighted by atomic mass is 10.2. The van der Waals surface area contributed by atoms with Gasteiger partial charge in [0.25, 0.3) is 0 Å². The van der Waals surface area contributed by atoms with Gasteiger partial charge in [-0.05, 0) is 0 Å². The van der Waals surface area contributed by atoms with E-state index in [2.05, 4.69) is 14.6 Å². The van der Waals surface area contributed by atoms with Gasteiger partial charge in [-0.1, -0.05) is 35.5 Å². The van der Waals surface area contributed by atoms with E-state index in [4.69, 9.17) is 4.52 Å². The third-order valence-electron chi connectivity index (χ3n) is 1.85. The van der Waals surface area contributed by atoms with Crippen molar-refractivity contribution < 1.29 is 8.94 Å². The average molecular weight is 214 g/mol. The van der Waals surface area contributed by atoms with Crippen LogP contribution in [0.2, 0.25) is 0 Å². The van der Waals surface area contributed by atoms with E-state index < -0.39 is 0 Å². The smallest absolute Gasteiger partial charge is 0.180 e. The zero-order valence-corrected chi connectivity index (χ0v) is 8.48. The van der Waals surface area contributed by atoms with E-state index in [0.29, 0.717) is 0 Å². The highest BCUT2D eigenvalue weighted by Gasteiger charge is 1.96. The molecule has 2 heterocycles. The van der Waals surface area contributed by atoms with E-state index in [1.54, 1.807) is 12.5 Å². The molecule has 0 unspecified atom stereocenters. The molecule has 0 N–H and O–H groups in total. The van der Waals surface area contributed by atoms with Crippen LogP contribution in [-0.4, -0.2) is 10.1 Å². The van der Waals surface area contributed by atoms with Crippen LogP contribution in [0.5, 0.6) is 0 Å². The topological polar surface area (TPSA) is 52.1 Å². The van der Waals surface area contributed by atoms with Gasteiger partial charge >= 0.3 is 0 Å². The SMILES string of the molecule is c1ccc(-c2ccon2)cc1.c1cocn1. The molecule has 3 aromatic rings. The molecule has 0 fully saturated rings. The Morgan fingerprint density at radius 1 is 0.938 bits per heavy atom. The Labute approximate surface area is 92.5 Å². The molecule has 0 atom stereocenters. The number of hydrogen-bond donors (Lipinski definition) is 0. The van der Waals surface area contributed by atoms with E-state index >= 15 is 0 Å². The molecule has 4 nitrogen and oxygen atoms in total. The number of oxazole rings is 1. The summed E-state index contributed by atoms with van der Waals surface area (Å²) in [7, 11) is 0. The lowest BCUT2D eigenvalue weighted by molar-refractivity contribution is 0.422. The van der Waals surface area contributed by atoms with Crippen LogP contribution < -0.4 is 0 Å². The minimum Gasteiger partial charge on any atom is -0.452 e. The maximum atomic E-state index is 4.72. The second kappa shape index (κ2) is 5.50. The van der Waals surface area contributed by atoms with Gasteiger partial charge in [-0.3, -0.25) is 0 Å². The van der Waals surface area contributed by atoms with Crippen molar-refractivity contribution in [2.24, 2.45) is 0 Å². The Morgan fingerprint density at radius 3 is 2.31 bits per heavy atom. The molecule has 2 aromatic heterocycles. The van der Waals surface area contributed by atoms with Crippen LogP contribution in [0.3, 0.4) is 0 Å². The number of rotatable bonds is 1. The highest BCUT2D eigenvalue weighted by atomic mass is 16.5. The molecule has 1 aromatic carbocycles. The summed E-state index contributed by atoms with van der Waals surface area (Å²) >= 11 is 0. The molecular weight excluding hydrogens is 204 g/mol. The molecule has 4 heteroatoms. The van der Waals surface area contributed by atoms with Crippen molar-refractivity contribution in [1.29, 1.82) is 0 Å². The summed E-state index contributed by atoms with van der Waals surface area (Å²) in [5.41, 5.74) is 1.96. The van der Waals surface area contributed by atoms with Gasteiger partial charge in [0.05, 0.1) is 6.20 Å². The predicted octanol–water partition coefficient (Wildman–Crippen LogP) is 3.02.